The summed E-state index contributed by atoms with van der Waals surface area (Å²) in [5, 5.41) is 0. The van der Waals surface area contributed by atoms with E-state index in [1.54, 1.807) is 0 Å². The van der Waals surface area contributed by atoms with Crippen LogP contribution < -0.4 is 9.54 Å². The molecule has 1 aromatic heterocycles. The molecule has 114 valence electrons. The number of hydrogen-bond acceptors (Lipinski definition) is 3. The van der Waals surface area contributed by atoms with Crippen molar-refractivity contribution in [2.24, 2.45) is 10.9 Å². The number of aromatic nitrogens is 1. The molecule has 1 amide bonds. The Bertz CT molecular complexity index is 806. The molecule has 0 spiro atoms. The van der Waals surface area contributed by atoms with Gasteiger partial charge in [-0.05, 0) is 38.0 Å². The number of hydrogen-bond donors (Lipinski definition) is 0. The largest absolute Gasteiger partial charge is 0.494 e. The number of fused-ring (bicyclic) bond motifs is 1. The molecule has 4 nitrogen and oxygen atoms in total. The SMILES string of the molecule is C#CCn1c(=NC(=O)C2CCC2)sc2cc(OCC)ccc21. The number of ether oxygens (including phenoxy) is 1. The lowest BCUT2D eigenvalue weighted by atomic mass is 9.85. The van der Waals surface area contributed by atoms with E-state index >= 15 is 0 Å². The fourth-order valence-corrected chi connectivity index (χ4v) is 3.54. The van der Waals surface area contributed by atoms with Crippen molar-refractivity contribution in [3.63, 3.8) is 0 Å². The van der Waals surface area contributed by atoms with Gasteiger partial charge in [-0.2, -0.15) is 4.99 Å². The monoisotopic (exact) mass is 314 g/mol. The van der Waals surface area contributed by atoms with Gasteiger partial charge in [0.25, 0.3) is 5.91 Å². The summed E-state index contributed by atoms with van der Waals surface area (Å²) in [7, 11) is 0. The van der Waals surface area contributed by atoms with Crippen molar-refractivity contribution in [2.75, 3.05) is 6.61 Å². The smallest absolute Gasteiger partial charge is 0.251 e. The van der Waals surface area contributed by atoms with Gasteiger partial charge < -0.3 is 9.30 Å². The molecule has 1 aliphatic carbocycles. The third-order valence-electron chi connectivity index (χ3n) is 3.87. The molecule has 22 heavy (non-hydrogen) atoms. The summed E-state index contributed by atoms with van der Waals surface area (Å²) in [6.07, 6.45) is 8.50. The predicted octanol–water partition coefficient (Wildman–Crippen LogP) is 2.96. The van der Waals surface area contributed by atoms with E-state index in [2.05, 4.69) is 10.9 Å². The van der Waals surface area contributed by atoms with Gasteiger partial charge in [0, 0.05) is 5.92 Å². The van der Waals surface area contributed by atoms with E-state index < -0.39 is 0 Å². The third-order valence-corrected chi connectivity index (χ3v) is 4.92. The maximum absolute atomic E-state index is 12.1. The Morgan fingerprint density at radius 1 is 1.55 bits per heavy atom. The molecule has 0 N–H and O–H groups in total. The quantitative estimate of drug-likeness (QED) is 0.814. The molecular weight excluding hydrogens is 296 g/mol. The minimum Gasteiger partial charge on any atom is -0.494 e. The Kier molecular flexibility index (Phi) is 4.30. The molecule has 5 heteroatoms. The van der Waals surface area contributed by atoms with Crippen LogP contribution in [0.4, 0.5) is 0 Å². The topological polar surface area (TPSA) is 43.6 Å². The van der Waals surface area contributed by atoms with E-state index in [-0.39, 0.29) is 11.8 Å². The lowest BCUT2D eigenvalue weighted by Gasteiger charge is -2.20. The number of nitrogens with zero attached hydrogens (tertiary/aromatic N) is 2. The second kappa shape index (κ2) is 6.37. The molecule has 0 bridgehead atoms. The zero-order valence-electron chi connectivity index (χ0n) is 12.5. The van der Waals surface area contributed by atoms with E-state index in [0.29, 0.717) is 18.0 Å². The minimum absolute atomic E-state index is 0.0198. The third kappa shape index (κ3) is 2.79. The van der Waals surface area contributed by atoms with Crippen LogP contribution in [0.1, 0.15) is 26.2 Å². The van der Waals surface area contributed by atoms with Crippen LogP contribution in [0, 0.1) is 18.3 Å². The van der Waals surface area contributed by atoms with Gasteiger partial charge in [-0.1, -0.05) is 23.7 Å². The normalized spacial score (nSPS) is 15.5. The first kappa shape index (κ1) is 14.9. The molecule has 1 saturated carbocycles. The van der Waals surface area contributed by atoms with Crippen molar-refractivity contribution in [3.05, 3.63) is 23.0 Å². The summed E-state index contributed by atoms with van der Waals surface area (Å²) in [6.45, 7) is 2.98. The molecule has 0 aliphatic heterocycles. The molecule has 1 heterocycles. The molecule has 0 radical (unpaired) electrons. The van der Waals surface area contributed by atoms with Crippen molar-refractivity contribution in [3.8, 4) is 18.1 Å². The van der Waals surface area contributed by atoms with Gasteiger partial charge in [0.1, 0.15) is 5.75 Å². The van der Waals surface area contributed by atoms with Crippen molar-refractivity contribution < 1.29 is 9.53 Å². The lowest BCUT2D eigenvalue weighted by Crippen LogP contribution is -2.24. The minimum atomic E-state index is -0.0198. The molecule has 3 rings (SSSR count). The fourth-order valence-electron chi connectivity index (χ4n) is 2.48. The Balaban J connectivity index is 2.07. The number of carbonyl (C=O) groups excluding carboxylic acids is 1. The first-order valence-electron chi connectivity index (χ1n) is 7.51. The van der Waals surface area contributed by atoms with Crippen molar-refractivity contribution in [2.45, 2.75) is 32.7 Å². The van der Waals surface area contributed by atoms with Crippen molar-refractivity contribution >= 4 is 27.5 Å². The van der Waals surface area contributed by atoms with Gasteiger partial charge in [-0.3, -0.25) is 4.79 Å². The average Bonchev–Trinajstić information content (AvgIpc) is 2.75. The summed E-state index contributed by atoms with van der Waals surface area (Å²) in [5.74, 6) is 3.54. The Morgan fingerprint density at radius 2 is 2.36 bits per heavy atom. The van der Waals surface area contributed by atoms with E-state index in [1.807, 2.05) is 29.7 Å². The molecule has 2 aromatic rings. The highest BCUT2D eigenvalue weighted by atomic mass is 32.1. The molecule has 0 saturated heterocycles. The van der Waals surface area contributed by atoms with Gasteiger partial charge in [0.15, 0.2) is 4.80 Å². The molecule has 0 unspecified atom stereocenters. The first-order valence-corrected chi connectivity index (χ1v) is 8.32. The maximum Gasteiger partial charge on any atom is 0.251 e. The standard InChI is InChI=1S/C17H18N2O2S/c1-3-10-19-14-9-8-13(21-4-2)11-15(14)22-17(19)18-16(20)12-6-5-7-12/h1,8-9,11-12H,4-7,10H2,2H3. The van der Waals surface area contributed by atoms with Crippen LogP contribution in [0.25, 0.3) is 10.2 Å². The van der Waals surface area contributed by atoms with Crippen LogP contribution in [-0.4, -0.2) is 17.1 Å². The second-order valence-corrected chi connectivity index (χ2v) is 6.32. The fraction of sp³-hybridized carbons (Fsp3) is 0.412. The number of carbonyl (C=O) groups is 1. The Morgan fingerprint density at radius 3 is 3.00 bits per heavy atom. The lowest BCUT2D eigenvalue weighted by molar-refractivity contribution is -0.124. The summed E-state index contributed by atoms with van der Waals surface area (Å²) < 4.78 is 8.48. The number of amides is 1. The Hall–Kier alpha value is -2.06. The van der Waals surface area contributed by atoms with Crippen molar-refractivity contribution in [1.29, 1.82) is 0 Å². The average molecular weight is 314 g/mol. The van der Waals surface area contributed by atoms with E-state index in [1.165, 1.54) is 11.3 Å². The zero-order chi connectivity index (χ0) is 15.5. The molecule has 1 aromatic carbocycles. The van der Waals surface area contributed by atoms with Gasteiger partial charge >= 0.3 is 0 Å². The van der Waals surface area contributed by atoms with Crippen LogP contribution >= 0.6 is 11.3 Å². The number of rotatable bonds is 4. The summed E-state index contributed by atoms with van der Waals surface area (Å²) in [4.78, 5) is 17.1. The highest BCUT2D eigenvalue weighted by molar-refractivity contribution is 7.16. The van der Waals surface area contributed by atoms with E-state index in [0.717, 1.165) is 35.2 Å². The molecular formula is C17H18N2O2S. The summed E-state index contributed by atoms with van der Waals surface area (Å²) in [5.41, 5.74) is 0.992. The zero-order valence-corrected chi connectivity index (χ0v) is 13.4. The predicted molar refractivity (Wildman–Crippen MR) is 87.7 cm³/mol. The number of benzene rings is 1. The van der Waals surface area contributed by atoms with Gasteiger partial charge in [0.2, 0.25) is 0 Å². The van der Waals surface area contributed by atoms with E-state index in [4.69, 9.17) is 11.2 Å². The van der Waals surface area contributed by atoms with Gasteiger partial charge in [0.05, 0.1) is 23.4 Å². The maximum atomic E-state index is 12.1. The van der Waals surface area contributed by atoms with Crippen LogP contribution in [-0.2, 0) is 11.3 Å². The molecule has 1 aliphatic rings. The highest BCUT2D eigenvalue weighted by Gasteiger charge is 2.25. The summed E-state index contributed by atoms with van der Waals surface area (Å²) in [6, 6.07) is 5.87. The van der Waals surface area contributed by atoms with Crippen LogP contribution in [0.5, 0.6) is 5.75 Å². The van der Waals surface area contributed by atoms with Crippen LogP contribution in [0.3, 0.4) is 0 Å². The van der Waals surface area contributed by atoms with Crippen LogP contribution in [0.15, 0.2) is 23.2 Å². The summed E-state index contributed by atoms with van der Waals surface area (Å²) >= 11 is 1.48. The van der Waals surface area contributed by atoms with E-state index in [9.17, 15) is 4.79 Å². The van der Waals surface area contributed by atoms with Crippen LogP contribution in [0.2, 0.25) is 0 Å². The van der Waals surface area contributed by atoms with Crippen molar-refractivity contribution in [1.82, 2.24) is 4.57 Å². The highest BCUT2D eigenvalue weighted by Crippen LogP contribution is 2.28. The number of terminal acetylenes is 1. The molecule has 1 fully saturated rings. The van der Waals surface area contributed by atoms with Gasteiger partial charge in [-0.25, -0.2) is 0 Å². The van der Waals surface area contributed by atoms with Gasteiger partial charge in [-0.15, -0.1) is 6.42 Å². The Labute approximate surface area is 133 Å². The molecule has 0 atom stereocenters. The second-order valence-electron chi connectivity index (χ2n) is 5.32. The number of thiazole rings is 1. The first-order chi connectivity index (χ1) is 10.7.